The molecule has 0 aromatic heterocycles. The van der Waals surface area contributed by atoms with E-state index >= 15 is 0 Å². The maximum atomic E-state index is 12.3. The molecule has 0 unspecified atom stereocenters. The van der Waals surface area contributed by atoms with Gasteiger partial charge in [0.1, 0.15) is 0 Å². The van der Waals surface area contributed by atoms with Crippen LogP contribution in [0.1, 0.15) is 43.0 Å². The zero-order valence-electron chi connectivity index (χ0n) is 16.0. The van der Waals surface area contributed by atoms with Crippen molar-refractivity contribution in [3.63, 3.8) is 0 Å². The summed E-state index contributed by atoms with van der Waals surface area (Å²) in [5.41, 5.74) is 0.566. The van der Waals surface area contributed by atoms with Crippen molar-refractivity contribution < 1.29 is 23.9 Å². The first-order chi connectivity index (χ1) is 13.5. The molecule has 1 aliphatic rings. The van der Waals surface area contributed by atoms with Crippen molar-refractivity contribution in [2.45, 2.75) is 38.6 Å². The summed E-state index contributed by atoms with van der Waals surface area (Å²) >= 11 is 0. The third-order valence-corrected chi connectivity index (χ3v) is 4.47. The number of amides is 2. The molecule has 2 atom stereocenters. The molecule has 1 aliphatic heterocycles. The van der Waals surface area contributed by atoms with Crippen LogP contribution in [0.5, 0.6) is 0 Å². The molecule has 7 nitrogen and oxygen atoms in total. The number of ether oxygens (including phenoxy) is 1. The van der Waals surface area contributed by atoms with Crippen molar-refractivity contribution >= 4 is 23.6 Å². The number of Topliss-reactive ketones (excluding diaryl/α,β-unsaturated/α-hetero) is 1. The average molecular weight is 386 g/mol. The van der Waals surface area contributed by atoms with Crippen LogP contribution >= 0.6 is 0 Å². The maximum absolute atomic E-state index is 12.3. The van der Waals surface area contributed by atoms with Gasteiger partial charge < -0.3 is 15.4 Å². The zero-order valence-corrected chi connectivity index (χ0v) is 16.0. The summed E-state index contributed by atoms with van der Waals surface area (Å²) in [6, 6.07) is 8.31. The third kappa shape index (κ3) is 6.98. The van der Waals surface area contributed by atoms with E-state index in [0.29, 0.717) is 24.9 Å². The van der Waals surface area contributed by atoms with Crippen molar-refractivity contribution in [1.82, 2.24) is 10.6 Å². The van der Waals surface area contributed by atoms with Crippen molar-refractivity contribution in [3.8, 4) is 0 Å². The summed E-state index contributed by atoms with van der Waals surface area (Å²) in [4.78, 5) is 47.8. The Morgan fingerprint density at radius 3 is 2.64 bits per heavy atom. The lowest BCUT2D eigenvalue weighted by molar-refractivity contribution is -0.137. The summed E-state index contributed by atoms with van der Waals surface area (Å²) in [6.45, 7) is 2.57. The number of benzene rings is 1. The van der Waals surface area contributed by atoms with E-state index in [-0.39, 0.29) is 43.0 Å². The molecule has 1 fully saturated rings. The molecule has 28 heavy (non-hydrogen) atoms. The van der Waals surface area contributed by atoms with Gasteiger partial charge in [-0.25, -0.2) is 4.79 Å². The maximum Gasteiger partial charge on any atom is 0.330 e. The predicted molar refractivity (Wildman–Crippen MR) is 103 cm³/mol. The number of rotatable bonds is 10. The Bertz CT molecular complexity index is 730. The first kappa shape index (κ1) is 21.3. The lowest BCUT2D eigenvalue weighted by Crippen LogP contribution is -2.36. The van der Waals surface area contributed by atoms with Crippen LogP contribution in [0.15, 0.2) is 42.5 Å². The number of carbonyl (C=O) groups excluding carboxylic acids is 4. The Morgan fingerprint density at radius 2 is 2.00 bits per heavy atom. The van der Waals surface area contributed by atoms with Gasteiger partial charge in [-0.05, 0) is 19.8 Å². The number of carbonyl (C=O) groups is 4. The van der Waals surface area contributed by atoms with E-state index in [0.717, 1.165) is 0 Å². The average Bonchev–Trinajstić information content (AvgIpc) is 3.09. The fraction of sp³-hybridized carbons (Fsp3) is 0.429. The molecule has 0 aliphatic carbocycles. The number of ketones is 1. The standard InChI is InChI=1S/C21H26N2O5/c1-2-28-20(26)11-8-17(14-16-12-13-22-21(16)27)23-19(25)10-9-18(24)15-6-4-3-5-7-15/h3-8,11,16-17H,2,9-10,12-14H2,1H3,(H,22,27)(H,23,25)/t16-,17+/m0/s1. The van der Waals surface area contributed by atoms with Crippen molar-refractivity contribution in [1.29, 1.82) is 0 Å². The second kappa shape index (κ2) is 11.0. The van der Waals surface area contributed by atoms with E-state index in [9.17, 15) is 19.2 Å². The van der Waals surface area contributed by atoms with E-state index < -0.39 is 12.0 Å². The smallest absolute Gasteiger partial charge is 0.330 e. The predicted octanol–water partition coefficient (Wildman–Crippen LogP) is 1.78. The van der Waals surface area contributed by atoms with Crippen LogP contribution in [0.25, 0.3) is 0 Å². The lowest BCUT2D eigenvalue weighted by Gasteiger charge is -2.18. The summed E-state index contributed by atoms with van der Waals surface area (Å²) in [5.74, 6) is -1.19. The van der Waals surface area contributed by atoms with E-state index in [2.05, 4.69) is 10.6 Å². The minimum atomic E-state index is -0.503. The molecule has 150 valence electrons. The molecule has 0 bridgehead atoms. The fourth-order valence-electron chi connectivity index (χ4n) is 3.02. The highest BCUT2D eigenvalue weighted by Crippen LogP contribution is 2.17. The van der Waals surface area contributed by atoms with Crippen LogP contribution in [-0.2, 0) is 19.1 Å². The van der Waals surface area contributed by atoms with Gasteiger partial charge in [-0.2, -0.15) is 0 Å². The molecular formula is C21H26N2O5. The van der Waals surface area contributed by atoms with Gasteiger partial charge in [0.05, 0.1) is 6.61 Å². The summed E-state index contributed by atoms with van der Waals surface area (Å²) in [7, 11) is 0. The van der Waals surface area contributed by atoms with Crippen LogP contribution in [-0.4, -0.2) is 42.8 Å². The highest BCUT2D eigenvalue weighted by atomic mass is 16.5. The molecule has 1 heterocycles. The summed E-state index contributed by atoms with van der Waals surface area (Å²) < 4.78 is 4.85. The Labute approximate surface area is 164 Å². The number of hydrogen-bond donors (Lipinski definition) is 2. The van der Waals surface area contributed by atoms with Crippen molar-refractivity contribution in [2.24, 2.45) is 5.92 Å². The Kier molecular flexibility index (Phi) is 8.39. The van der Waals surface area contributed by atoms with Gasteiger partial charge in [0.2, 0.25) is 11.8 Å². The molecule has 2 amide bonds. The highest BCUT2D eigenvalue weighted by Gasteiger charge is 2.27. The van der Waals surface area contributed by atoms with Crippen molar-refractivity contribution in [3.05, 3.63) is 48.0 Å². The minimum Gasteiger partial charge on any atom is -0.463 e. The molecule has 1 saturated heterocycles. The second-order valence-electron chi connectivity index (χ2n) is 6.59. The van der Waals surface area contributed by atoms with Crippen molar-refractivity contribution in [2.75, 3.05) is 13.2 Å². The fourth-order valence-corrected chi connectivity index (χ4v) is 3.02. The number of nitrogens with one attached hydrogen (secondary N) is 2. The lowest BCUT2D eigenvalue weighted by atomic mass is 9.97. The van der Waals surface area contributed by atoms with Crippen LogP contribution < -0.4 is 10.6 Å². The molecule has 1 aromatic carbocycles. The van der Waals surface area contributed by atoms with Gasteiger partial charge in [0, 0.05) is 43.0 Å². The summed E-state index contributed by atoms with van der Waals surface area (Å²) in [5, 5.41) is 5.56. The molecular weight excluding hydrogens is 360 g/mol. The van der Waals surface area contributed by atoms with Crippen LogP contribution in [0.4, 0.5) is 0 Å². The zero-order chi connectivity index (χ0) is 20.4. The van der Waals surface area contributed by atoms with Gasteiger partial charge in [-0.15, -0.1) is 0 Å². The van der Waals surface area contributed by atoms with E-state index in [1.807, 2.05) is 6.07 Å². The quantitative estimate of drug-likeness (QED) is 0.363. The van der Waals surface area contributed by atoms with Gasteiger partial charge in [-0.1, -0.05) is 36.4 Å². The molecule has 2 N–H and O–H groups in total. The highest BCUT2D eigenvalue weighted by molar-refractivity contribution is 5.98. The van der Waals surface area contributed by atoms with E-state index in [1.165, 1.54) is 6.08 Å². The normalized spacial score (nSPS) is 17.2. The molecule has 7 heteroatoms. The SMILES string of the molecule is CCOC(=O)C=C[C@H](C[C@@H]1CCNC1=O)NC(=O)CCC(=O)c1ccccc1. The van der Waals surface area contributed by atoms with Gasteiger partial charge in [-0.3, -0.25) is 14.4 Å². The van der Waals surface area contributed by atoms with Gasteiger partial charge in [0.25, 0.3) is 0 Å². The number of esters is 1. The largest absolute Gasteiger partial charge is 0.463 e. The van der Waals surface area contributed by atoms with Crippen LogP contribution in [0.2, 0.25) is 0 Å². The summed E-state index contributed by atoms with van der Waals surface area (Å²) in [6.07, 6.45) is 4.00. The second-order valence-corrected chi connectivity index (χ2v) is 6.59. The Hall–Kier alpha value is -2.96. The topological polar surface area (TPSA) is 102 Å². The third-order valence-electron chi connectivity index (χ3n) is 4.47. The molecule has 0 spiro atoms. The molecule has 2 rings (SSSR count). The molecule has 0 radical (unpaired) electrons. The number of hydrogen-bond acceptors (Lipinski definition) is 5. The Balaban J connectivity index is 1.91. The monoisotopic (exact) mass is 386 g/mol. The van der Waals surface area contributed by atoms with E-state index in [4.69, 9.17) is 4.74 Å². The minimum absolute atomic E-state index is 0.0360. The molecule has 1 aromatic rings. The Morgan fingerprint density at radius 1 is 1.25 bits per heavy atom. The van der Waals surface area contributed by atoms with Gasteiger partial charge in [0.15, 0.2) is 5.78 Å². The van der Waals surface area contributed by atoms with Gasteiger partial charge >= 0.3 is 5.97 Å². The first-order valence-electron chi connectivity index (χ1n) is 9.50. The first-order valence-corrected chi connectivity index (χ1v) is 9.50. The molecule has 0 saturated carbocycles. The van der Waals surface area contributed by atoms with E-state index in [1.54, 1.807) is 37.3 Å². The van der Waals surface area contributed by atoms with Crippen LogP contribution in [0.3, 0.4) is 0 Å². The van der Waals surface area contributed by atoms with Crippen LogP contribution in [0, 0.1) is 5.92 Å².